The van der Waals surface area contributed by atoms with Gasteiger partial charge < -0.3 is 0 Å². The van der Waals surface area contributed by atoms with Gasteiger partial charge in [0, 0.05) is 19.0 Å². The van der Waals surface area contributed by atoms with Crippen molar-refractivity contribution in [2.75, 3.05) is 6.54 Å². The Bertz CT molecular complexity index is 134. The minimum absolute atomic E-state index is 0.0718. The minimum atomic E-state index is 0.0718. The van der Waals surface area contributed by atoms with Crippen molar-refractivity contribution in [2.24, 2.45) is 0 Å². The van der Waals surface area contributed by atoms with Gasteiger partial charge in [-0.2, -0.15) is 0 Å². The van der Waals surface area contributed by atoms with Crippen LogP contribution >= 0.6 is 0 Å². The van der Waals surface area contributed by atoms with E-state index in [4.69, 9.17) is 6.42 Å². The van der Waals surface area contributed by atoms with Crippen molar-refractivity contribution in [1.29, 1.82) is 0 Å². The Morgan fingerprint density at radius 2 is 2.57 bits per heavy atom. The highest BCUT2D eigenvalue weighted by Gasteiger charge is 2.20. The molecule has 0 aromatic carbocycles. The number of hydrogen-bond acceptors (Lipinski definition) is 1. The zero-order valence-electron chi connectivity index (χ0n) is 3.85. The molecule has 0 radical (unpaired) electrons. The van der Waals surface area contributed by atoms with Crippen LogP contribution in [0.25, 0.3) is 0 Å². The van der Waals surface area contributed by atoms with Gasteiger partial charge in [0.05, 0.1) is 0 Å². The molecular formula is C5H5NO. The summed E-state index contributed by atoms with van der Waals surface area (Å²) in [5.74, 6) is 0.0718. The summed E-state index contributed by atoms with van der Waals surface area (Å²) < 4.78 is 0. The van der Waals surface area contributed by atoms with Gasteiger partial charge in [-0.05, 0) is 0 Å². The predicted octanol–water partition coefficient (Wildman–Crippen LogP) is -0.191. The molecule has 36 valence electrons. The van der Waals surface area contributed by atoms with Crippen LogP contribution in [0, 0.1) is 12.5 Å². The average molecular weight is 95.1 g/mol. The molecule has 0 spiro atoms. The smallest absolute Gasteiger partial charge is 0.235 e. The lowest BCUT2D eigenvalue weighted by Crippen LogP contribution is -2.39. The van der Waals surface area contributed by atoms with Crippen molar-refractivity contribution in [3.63, 3.8) is 0 Å². The molecule has 0 aliphatic carbocycles. The van der Waals surface area contributed by atoms with Crippen LogP contribution in [-0.4, -0.2) is 17.4 Å². The molecule has 1 saturated heterocycles. The van der Waals surface area contributed by atoms with Crippen LogP contribution < -0.4 is 0 Å². The van der Waals surface area contributed by atoms with Crippen molar-refractivity contribution in [3.05, 3.63) is 0 Å². The molecule has 0 atom stereocenters. The fourth-order valence-corrected chi connectivity index (χ4v) is 0.451. The van der Waals surface area contributed by atoms with Crippen LogP contribution in [0.1, 0.15) is 6.42 Å². The highest BCUT2D eigenvalue weighted by atomic mass is 16.2. The zero-order chi connectivity index (χ0) is 5.28. The van der Waals surface area contributed by atoms with Crippen molar-refractivity contribution in [1.82, 2.24) is 4.90 Å². The Kier molecular flexibility index (Phi) is 0.759. The van der Waals surface area contributed by atoms with E-state index in [1.165, 1.54) is 4.90 Å². The fourth-order valence-electron chi connectivity index (χ4n) is 0.451. The molecule has 0 N–H and O–H groups in total. The van der Waals surface area contributed by atoms with E-state index in [-0.39, 0.29) is 5.91 Å². The summed E-state index contributed by atoms with van der Waals surface area (Å²) in [6, 6.07) is 2.23. The summed E-state index contributed by atoms with van der Waals surface area (Å²) in [6.45, 7) is 0.745. The normalized spacial score (nSPS) is 18.1. The number of terminal acetylenes is 1. The summed E-state index contributed by atoms with van der Waals surface area (Å²) in [5.41, 5.74) is 0. The van der Waals surface area contributed by atoms with Crippen LogP contribution in [-0.2, 0) is 4.79 Å². The van der Waals surface area contributed by atoms with E-state index in [0.717, 1.165) is 6.54 Å². The third-order valence-corrected chi connectivity index (χ3v) is 1.01. The second kappa shape index (κ2) is 1.27. The number of amides is 1. The summed E-state index contributed by atoms with van der Waals surface area (Å²) >= 11 is 0. The first-order chi connectivity index (χ1) is 3.34. The van der Waals surface area contributed by atoms with E-state index in [2.05, 4.69) is 6.04 Å². The van der Waals surface area contributed by atoms with Gasteiger partial charge in [-0.1, -0.05) is 6.42 Å². The number of β-lactam (4-membered cyclic amide) rings is 1. The highest BCUT2D eigenvalue weighted by molar-refractivity contribution is 5.83. The van der Waals surface area contributed by atoms with Gasteiger partial charge in [-0.15, -0.1) is 0 Å². The Labute approximate surface area is 42.1 Å². The van der Waals surface area contributed by atoms with E-state index in [0.29, 0.717) is 6.42 Å². The van der Waals surface area contributed by atoms with Crippen molar-refractivity contribution >= 4 is 5.91 Å². The Morgan fingerprint density at radius 3 is 2.57 bits per heavy atom. The Balaban J connectivity index is 2.48. The Hall–Kier alpha value is -0.970. The van der Waals surface area contributed by atoms with E-state index in [9.17, 15) is 4.79 Å². The van der Waals surface area contributed by atoms with Crippen molar-refractivity contribution in [2.45, 2.75) is 6.42 Å². The second-order valence-electron chi connectivity index (χ2n) is 1.42. The monoisotopic (exact) mass is 95.0 g/mol. The van der Waals surface area contributed by atoms with Crippen LogP contribution in [0.2, 0.25) is 0 Å². The van der Waals surface area contributed by atoms with Crippen molar-refractivity contribution in [3.8, 4) is 12.5 Å². The number of carbonyl (C=O) groups excluding carboxylic acids is 1. The number of nitrogens with zero attached hydrogens (tertiary/aromatic N) is 1. The summed E-state index contributed by atoms with van der Waals surface area (Å²) in [4.78, 5) is 11.6. The van der Waals surface area contributed by atoms with Crippen molar-refractivity contribution < 1.29 is 4.79 Å². The molecule has 1 heterocycles. The van der Waals surface area contributed by atoms with E-state index in [1.807, 2.05) is 0 Å². The predicted molar refractivity (Wildman–Crippen MR) is 25.2 cm³/mol. The second-order valence-corrected chi connectivity index (χ2v) is 1.42. The number of rotatable bonds is 0. The molecule has 0 unspecified atom stereocenters. The molecule has 7 heavy (non-hydrogen) atoms. The maximum atomic E-state index is 10.2. The number of carbonyl (C=O) groups is 1. The molecule has 2 heteroatoms. The molecule has 0 aromatic rings. The summed E-state index contributed by atoms with van der Waals surface area (Å²) in [5, 5.41) is 0. The van der Waals surface area contributed by atoms with E-state index < -0.39 is 0 Å². The van der Waals surface area contributed by atoms with Gasteiger partial charge in [0.1, 0.15) is 0 Å². The first-order valence-electron chi connectivity index (χ1n) is 2.11. The molecule has 0 saturated carbocycles. The fraction of sp³-hybridized carbons (Fsp3) is 0.400. The molecule has 1 amide bonds. The average Bonchev–Trinajstić information content (AvgIpc) is 1.65. The summed E-state index contributed by atoms with van der Waals surface area (Å²) in [7, 11) is 0. The molecule has 0 aromatic heterocycles. The molecular weight excluding hydrogens is 90.1 g/mol. The van der Waals surface area contributed by atoms with Gasteiger partial charge in [0.15, 0.2) is 0 Å². The molecule has 1 aliphatic rings. The topological polar surface area (TPSA) is 20.3 Å². The third kappa shape index (κ3) is 0.459. The van der Waals surface area contributed by atoms with Crippen LogP contribution in [0.4, 0.5) is 0 Å². The minimum Gasteiger partial charge on any atom is -0.274 e. The third-order valence-electron chi connectivity index (χ3n) is 1.01. The molecule has 0 bridgehead atoms. The first-order valence-corrected chi connectivity index (χ1v) is 2.11. The van der Waals surface area contributed by atoms with E-state index in [1.54, 1.807) is 0 Å². The number of hydrogen-bond donors (Lipinski definition) is 0. The van der Waals surface area contributed by atoms with Crippen LogP contribution in [0.5, 0.6) is 0 Å². The maximum Gasteiger partial charge on any atom is 0.235 e. The van der Waals surface area contributed by atoms with Gasteiger partial charge in [-0.25, -0.2) is 0 Å². The summed E-state index contributed by atoms with van der Waals surface area (Å²) in [6.07, 6.45) is 5.51. The van der Waals surface area contributed by atoms with Crippen LogP contribution in [0.15, 0.2) is 0 Å². The lowest BCUT2D eigenvalue weighted by Gasteiger charge is -2.22. The van der Waals surface area contributed by atoms with Gasteiger partial charge in [0.25, 0.3) is 0 Å². The molecule has 2 nitrogen and oxygen atoms in total. The van der Waals surface area contributed by atoms with Gasteiger partial charge in [-0.3, -0.25) is 9.69 Å². The maximum absolute atomic E-state index is 10.2. The van der Waals surface area contributed by atoms with Crippen LogP contribution in [0.3, 0.4) is 0 Å². The first kappa shape index (κ1) is 4.20. The lowest BCUT2D eigenvalue weighted by molar-refractivity contribution is -0.135. The zero-order valence-corrected chi connectivity index (χ0v) is 3.85. The SMILES string of the molecule is C#CN1CCC1=O. The number of likely N-dealkylation sites (tertiary alicyclic amines) is 1. The molecule has 1 fully saturated rings. The molecule has 1 rings (SSSR count). The largest absolute Gasteiger partial charge is 0.274 e. The highest BCUT2D eigenvalue weighted by Crippen LogP contribution is 2.04. The molecule has 1 aliphatic heterocycles. The van der Waals surface area contributed by atoms with Gasteiger partial charge in [0.2, 0.25) is 5.91 Å². The standard InChI is InChI=1S/C5H5NO/c1-2-6-4-3-5(6)7/h1H,3-4H2. The van der Waals surface area contributed by atoms with E-state index >= 15 is 0 Å². The lowest BCUT2D eigenvalue weighted by atomic mass is 10.2. The van der Waals surface area contributed by atoms with Gasteiger partial charge >= 0.3 is 0 Å². The quantitative estimate of drug-likeness (QED) is 0.301. The Morgan fingerprint density at radius 1 is 1.86 bits per heavy atom.